The number of halogens is 1. The zero-order chi connectivity index (χ0) is 19.2. The Morgan fingerprint density at radius 3 is 2.78 bits per heavy atom. The molecule has 3 rings (SSSR count). The molecule has 2 heterocycles. The van der Waals surface area contributed by atoms with E-state index in [9.17, 15) is 9.59 Å². The van der Waals surface area contributed by atoms with Gasteiger partial charge in [0, 0.05) is 24.7 Å². The molecule has 144 valence electrons. The lowest BCUT2D eigenvalue weighted by Gasteiger charge is -2.26. The number of carbonyl (C=O) groups is 2. The van der Waals surface area contributed by atoms with E-state index >= 15 is 0 Å². The normalized spacial score (nSPS) is 15.3. The maximum atomic E-state index is 12.3. The van der Waals surface area contributed by atoms with Crippen molar-refractivity contribution in [1.82, 2.24) is 9.47 Å². The van der Waals surface area contributed by atoms with Crippen LogP contribution in [0.5, 0.6) is 0 Å². The van der Waals surface area contributed by atoms with Gasteiger partial charge in [-0.3, -0.25) is 9.59 Å². The van der Waals surface area contributed by atoms with Crippen molar-refractivity contribution in [3.63, 3.8) is 0 Å². The van der Waals surface area contributed by atoms with Crippen LogP contribution in [0, 0.1) is 0 Å². The first-order chi connectivity index (χ1) is 13.1. The van der Waals surface area contributed by atoms with E-state index in [0.717, 1.165) is 36.1 Å². The third-order valence-corrected chi connectivity index (χ3v) is 6.52. The van der Waals surface area contributed by atoms with Crippen LogP contribution in [0.2, 0.25) is 5.02 Å². The fourth-order valence-corrected chi connectivity index (χ4v) is 5.07. The summed E-state index contributed by atoms with van der Waals surface area (Å²) in [7, 11) is 0. The highest BCUT2D eigenvalue weighted by molar-refractivity contribution is 8.00. The van der Waals surface area contributed by atoms with Crippen LogP contribution in [0.4, 0.5) is 0 Å². The van der Waals surface area contributed by atoms with Crippen molar-refractivity contribution < 1.29 is 9.59 Å². The number of fused-ring (bicyclic) bond motifs is 1. The van der Waals surface area contributed by atoms with Crippen LogP contribution in [-0.2, 0) is 16.1 Å². The smallest absolute Gasteiger partial charge is 0.258 e. The number of aromatic nitrogens is 1. The van der Waals surface area contributed by atoms with Gasteiger partial charge in [-0.05, 0) is 37.5 Å². The Hall–Kier alpha value is -1.57. The molecule has 1 aromatic carbocycles. The summed E-state index contributed by atoms with van der Waals surface area (Å²) >= 11 is 8.82. The Morgan fingerprint density at radius 2 is 2.04 bits per heavy atom. The lowest BCUT2D eigenvalue weighted by Crippen LogP contribution is -2.36. The van der Waals surface area contributed by atoms with Crippen molar-refractivity contribution >= 4 is 56.7 Å². The second-order valence-corrected chi connectivity index (χ2v) is 8.77. The Kier molecular flexibility index (Phi) is 7.15. The lowest BCUT2D eigenvalue weighted by molar-refractivity contribution is -0.129. The average Bonchev–Trinajstić information content (AvgIpc) is 2.98. The van der Waals surface area contributed by atoms with E-state index in [-0.39, 0.29) is 17.6 Å². The number of hydrogen-bond acceptors (Lipinski definition) is 4. The third kappa shape index (κ3) is 5.24. The predicted molar refractivity (Wildman–Crippen MR) is 113 cm³/mol. The number of nitrogens with zero attached hydrogens (tertiary/aromatic N) is 3. The molecule has 0 N–H and O–H groups in total. The quantitative estimate of drug-likeness (QED) is 0.665. The van der Waals surface area contributed by atoms with Gasteiger partial charge in [-0.1, -0.05) is 29.0 Å². The number of benzene rings is 1. The van der Waals surface area contributed by atoms with Crippen LogP contribution in [0.15, 0.2) is 35.8 Å². The first-order valence-corrected chi connectivity index (χ1v) is 11.3. The van der Waals surface area contributed by atoms with Crippen LogP contribution >= 0.6 is 34.7 Å². The number of hydrogen-bond donors (Lipinski definition) is 0. The number of allylic oxidation sites excluding steroid dienone is 1. The summed E-state index contributed by atoms with van der Waals surface area (Å²) in [6.07, 6.45) is 5.11. The highest BCUT2D eigenvalue weighted by Gasteiger charge is 2.16. The van der Waals surface area contributed by atoms with E-state index in [4.69, 9.17) is 11.6 Å². The van der Waals surface area contributed by atoms with Crippen molar-refractivity contribution in [2.45, 2.75) is 25.8 Å². The summed E-state index contributed by atoms with van der Waals surface area (Å²) in [4.78, 5) is 31.2. The second-order valence-electron chi connectivity index (χ2n) is 6.34. The highest BCUT2D eigenvalue weighted by atomic mass is 35.5. The molecule has 0 atom stereocenters. The van der Waals surface area contributed by atoms with Gasteiger partial charge >= 0.3 is 0 Å². The van der Waals surface area contributed by atoms with E-state index in [0.29, 0.717) is 22.1 Å². The summed E-state index contributed by atoms with van der Waals surface area (Å²) in [5, 5.41) is 0.652. The molecule has 0 saturated carbocycles. The number of rotatable bonds is 6. The van der Waals surface area contributed by atoms with Crippen LogP contribution in [0.3, 0.4) is 0 Å². The summed E-state index contributed by atoms with van der Waals surface area (Å²) in [5.41, 5.74) is 0.976. The second kappa shape index (κ2) is 9.57. The van der Waals surface area contributed by atoms with Gasteiger partial charge in [0.2, 0.25) is 5.91 Å². The maximum Gasteiger partial charge on any atom is 0.258 e. The van der Waals surface area contributed by atoms with E-state index in [1.54, 1.807) is 6.08 Å². The van der Waals surface area contributed by atoms with Crippen molar-refractivity contribution in [3.05, 3.63) is 40.7 Å². The Morgan fingerprint density at radius 1 is 1.26 bits per heavy atom. The molecule has 1 fully saturated rings. The Bertz CT molecular complexity index is 913. The predicted octanol–water partition coefficient (Wildman–Crippen LogP) is 3.72. The SMILES string of the molecule is C=CCn1c(=NC(=O)CSCC(=O)N2CCCCC2)sc2cc(Cl)ccc21. The van der Waals surface area contributed by atoms with Gasteiger partial charge < -0.3 is 9.47 Å². The molecule has 0 bridgehead atoms. The minimum atomic E-state index is -0.234. The van der Waals surface area contributed by atoms with Gasteiger partial charge in [-0.2, -0.15) is 4.99 Å². The van der Waals surface area contributed by atoms with E-state index in [2.05, 4.69) is 11.6 Å². The number of thioether (sulfide) groups is 1. The summed E-state index contributed by atoms with van der Waals surface area (Å²) < 4.78 is 2.92. The first-order valence-electron chi connectivity index (χ1n) is 8.91. The number of piperidine rings is 1. The Labute approximate surface area is 171 Å². The molecule has 8 heteroatoms. The maximum absolute atomic E-state index is 12.3. The molecule has 1 aromatic heterocycles. The number of carbonyl (C=O) groups excluding carboxylic acids is 2. The van der Waals surface area contributed by atoms with Gasteiger partial charge in [0.05, 0.1) is 21.7 Å². The molecular formula is C19H22ClN3O2S2. The number of amides is 2. The monoisotopic (exact) mass is 423 g/mol. The molecule has 1 aliphatic heterocycles. The summed E-state index contributed by atoms with van der Waals surface area (Å²) in [6.45, 7) is 6.02. The third-order valence-electron chi connectivity index (χ3n) is 4.34. The van der Waals surface area contributed by atoms with Crippen LogP contribution < -0.4 is 4.80 Å². The fraction of sp³-hybridized carbons (Fsp3) is 0.421. The molecule has 2 amide bonds. The largest absolute Gasteiger partial charge is 0.342 e. The average molecular weight is 424 g/mol. The van der Waals surface area contributed by atoms with Gasteiger partial charge in [-0.15, -0.1) is 18.3 Å². The number of likely N-dealkylation sites (tertiary alicyclic amines) is 1. The van der Waals surface area contributed by atoms with E-state index in [1.165, 1.54) is 29.5 Å². The van der Waals surface area contributed by atoms with Gasteiger partial charge in [0.25, 0.3) is 5.91 Å². The molecule has 0 radical (unpaired) electrons. The highest BCUT2D eigenvalue weighted by Crippen LogP contribution is 2.22. The van der Waals surface area contributed by atoms with Crippen LogP contribution in [0.25, 0.3) is 10.2 Å². The molecule has 1 aliphatic rings. The van der Waals surface area contributed by atoms with Gasteiger partial charge in [-0.25, -0.2) is 0 Å². The Balaban J connectivity index is 1.66. The zero-order valence-electron chi connectivity index (χ0n) is 15.0. The van der Waals surface area contributed by atoms with Gasteiger partial charge in [0.15, 0.2) is 4.80 Å². The summed E-state index contributed by atoms with van der Waals surface area (Å²) in [5.74, 6) is 0.408. The first kappa shape index (κ1) is 20.2. The van der Waals surface area contributed by atoms with Crippen molar-refractivity contribution in [2.24, 2.45) is 4.99 Å². The zero-order valence-corrected chi connectivity index (χ0v) is 17.4. The summed E-state index contributed by atoms with van der Waals surface area (Å²) in [6, 6.07) is 5.62. The molecule has 2 aromatic rings. The fourth-order valence-electron chi connectivity index (χ4n) is 3.04. The molecule has 0 unspecified atom stereocenters. The lowest BCUT2D eigenvalue weighted by atomic mass is 10.1. The minimum absolute atomic E-state index is 0.116. The minimum Gasteiger partial charge on any atom is -0.342 e. The standard InChI is InChI=1S/C19H22ClN3O2S2/c1-2-8-23-15-7-6-14(20)11-16(15)27-19(23)21-17(24)12-26-13-18(25)22-9-4-3-5-10-22/h2,6-7,11H,1,3-5,8-10,12-13H2. The van der Waals surface area contributed by atoms with Crippen molar-refractivity contribution in [2.75, 3.05) is 24.6 Å². The molecule has 0 spiro atoms. The van der Waals surface area contributed by atoms with Gasteiger partial charge in [0.1, 0.15) is 0 Å². The number of thiazole rings is 1. The molecule has 1 saturated heterocycles. The van der Waals surface area contributed by atoms with Crippen LogP contribution in [0.1, 0.15) is 19.3 Å². The van der Waals surface area contributed by atoms with E-state index in [1.807, 2.05) is 27.7 Å². The van der Waals surface area contributed by atoms with Crippen molar-refractivity contribution in [3.8, 4) is 0 Å². The van der Waals surface area contributed by atoms with Crippen molar-refractivity contribution in [1.29, 1.82) is 0 Å². The van der Waals surface area contributed by atoms with E-state index < -0.39 is 0 Å². The molecule has 27 heavy (non-hydrogen) atoms. The molecule has 5 nitrogen and oxygen atoms in total. The molecular weight excluding hydrogens is 402 g/mol. The topological polar surface area (TPSA) is 54.7 Å². The van der Waals surface area contributed by atoms with Crippen LogP contribution in [-0.4, -0.2) is 45.9 Å². The molecule has 0 aliphatic carbocycles.